The molecule has 0 fully saturated rings. The SMILES string of the molecule is CCCCC(CC)CNc1ncnc(NC)c1CCC. The zero-order valence-electron chi connectivity index (χ0n) is 13.5. The van der Waals surface area contributed by atoms with Crippen LogP contribution in [0.3, 0.4) is 0 Å². The van der Waals surface area contributed by atoms with E-state index < -0.39 is 0 Å². The average Bonchev–Trinajstić information content (AvgIpc) is 2.48. The molecule has 2 N–H and O–H groups in total. The molecule has 4 nitrogen and oxygen atoms in total. The van der Waals surface area contributed by atoms with Gasteiger partial charge in [-0.15, -0.1) is 0 Å². The van der Waals surface area contributed by atoms with Crippen LogP contribution in [-0.4, -0.2) is 23.6 Å². The highest BCUT2D eigenvalue weighted by Gasteiger charge is 2.11. The molecular weight excluding hydrogens is 248 g/mol. The first-order chi connectivity index (χ1) is 9.76. The summed E-state index contributed by atoms with van der Waals surface area (Å²) in [4.78, 5) is 8.74. The minimum atomic E-state index is 0.734. The predicted octanol–water partition coefficient (Wildman–Crippen LogP) is 4.10. The molecule has 0 aliphatic heterocycles. The van der Waals surface area contributed by atoms with Crippen molar-refractivity contribution in [2.24, 2.45) is 5.92 Å². The Balaban J connectivity index is 2.70. The van der Waals surface area contributed by atoms with E-state index in [9.17, 15) is 0 Å². The van der Waals surface area contributed by atoms with Crippen LogP contribution in [0.5, 0.6) is 0 Å². The largest absolute Gasteiger partial charge is 0.373 e. The first kappa shape index (κ1) is 16.7. The lowest BCUT2D eigenvalue weighted by atomic mass is 9.99. The summed E-state index contributed by atoms with van der Waals surface area (Å²) >= 11 is 0. The number of rotatable bonds is 10. The van der Waals surface area contributed by atoms with Gasteiger partial charge in [0.2, 0.25) is 0 Å². The van der Waals surface area contributed by atoms with Crippen molar-refractivity contribution in [3.05, 3.63) is 11.9 Å². The van der Waals surface area contributed by atoms with Gasteiger partial charge in [-0.3, -0.25) is 0 Å². The molecule has 1 aromatic heterocycles. The molecule has 0 spiro atoms. The summed E-state index contributed by atoms with van der Waals surface area (Å²) in [5.41, 5.74) is 1.21. The summed E-state index contributed by atoms with van der Waals surface area (Å²) in [6, 6.07) is 0. The Kier molecular flexibility index (Phi) is 8.00. The number of anilines is 2. The van der Waals surface area contributed by atoms with Gasteiger partial charge in [0.05, 0.1) is 0 Å². The Hall–Kier alpha value is -1.32. The highest BCUT2D eigenvalue weighted by atomic mass is 15.1. The zero-order chi connectivity index (χ0) is 14.8. The number of nitrogens with one attached hydrogen (secondary N) is 2. The molecule has 1 unspecified atom stereocenters. The number of unbranched alkanes of at least 4 members (excludes halogenated alkanes) is 1. The average molecular weight is 278 g/mol. The smallest absolute Gasteiger partial charge is 0.134 e. The summed E-state index contributed by atoms with van der Waals surface area (Å²) in [5, 5.41) is 6.71. The van der Waals surface area contributed by atoms with E-state index in [-0.39, 0.29) is 0 Å². The third-order valence-corrected chi connectivity index (χ3v) is 3.78. The predicted molar refractivity (Wildman–Crippen MR) is 87.4 cm³/mol. The molecule has 0 saturated heterocycles. The van der Waals surface area contributed by atoms with E-state index in [4.69, 9.17) is 0 Å². The van der Waals surface area contributed by atoms with Gasteiger partial charge < -0.3 is 10.6 Å². The van der Waals surface area contributed by atoms with E-state index in [0.717, 1.165) is 36.9 Å². The molecular formula is C16H30N4. The van der Waals surface area contributed by atoms with Crippen LogP contribution >= 0.6 is 0 Å². The molecule has 114 valence electrons. The zero-order valence-corrected chi connectivity index (χ0v) is 13.5. The van der Waals surface area contributed by atoms with E-state index in [2.05, 4.69) is 41.4 Å². The minimum Gasteiger partial charge on any atom is -0.373 e. The van der Waals surface area contributed by atoms with Crippen molar-refractivity contribution >= 4 is 11.6 Å². The summed E-state index contributed by atoms with van der Waals surface area (Å²) in [7, 11) is 1.92. The number of nitrogens with zero attached hydrogens (tertiary/aromatic N) is 2. The van der Waals surface area contributed by atoms with Crippen molar-refractivity contribution in [2.45, 2.75) is 59.3 Å². The van der Waals surface area contributed by atoms with Crippen LogP contribution in [0.4, 0.5) is 11.6 Å². The van der Waals surface area contributed by atoms with Crippen LogP contribution in [0, 0.1) is 5.92 Å². The lowest BCUT2D eigenvalue weighted by molar-refractivity contribution is 0.472. The van der Waals surface area contributed by atoms with Crippen molar-refractivity contribution < 1.29 is 0 Å². The molecule has 0 aliphatic rings. The van der Waals surface area contributed by atoms with Gasteiger partial charge in [-0.25, -0.2) is 9.97 Å². The Labute approximate surface area is 123 Å². The lowest BCUT2D eigenvalue weighted by Gasteiger charge is -2.18. The molecule has 1 aromatic rings. The third kappa shape index (κ3) is 4.99. The maximum atomic E-state index is 4.43. The van der Waals surface area contributed by atoms with Crippen LogP contribution in [-0.2, 0) is 6.42 Å². The molecule has 1 atom stereocenters. The summed E-state index contributed by atoms with van der Waals surface area (Å²) < 4.78 is 0. The first-order valence-corrected chi connectivity index (χ1v) is 8.02. The van der Waals surface area contributed by atoms with Crippen LogP contribution in [0.25, 0.3) is 0 Å². The maximum Gasteiger partial charge on any atom is 0.134 e. The van der Waals surface area contributed by atoms with Gasteiger partial charge in [-0.2, -0.15) is 0 Å². The molecule has 1 heterocycles. The van der Waals surface area contributed by atoms with Gasteiger partial charge in [0.1, 0.15) is 18.0 Å². The summed E-state index contributed by atoms with van der Waals surface area (Å²) in [6.07, 6.45) is 8.85. The summed E-state index contributed by atoms with van der Waals surface area (Å²) in [5.74, 6) is 2.68. The van der Waals surface area contributed by atoms with Crippen molar-refractivity contribution in [3.8, 4) is 0 Å². The topological polar surface area (TPSA) is 49.8 Å². The normalized spacial score (nSPS) is 12.2. The van der Waals surface area contributed by atoms with Crippen molar-refractivity contribution in [1.29, 1.82) is 0 Å². The van der Waals surface area contributed by atoms with Crippen molar-refractivity contribution in [2.75, 3.05) is 24.2 Å². The van der Waals surface area contributed by atoms with E-state index in [1.54, 1.807) is 6.33 Å². The summed E-state index contributed by atoms with van der Waals surface area (Å²) in [6.45, 7) is 7.72. The number of hydrogen-bond acceptors (Lipinski definition) is 4. The molecule has 0 saturated carbocycles. The Morgan fingerprint density at radius 3 is 2.45 bits per heavy atom. The molecule has 0 bridgehead atoms. The molecule has 4 heteroatoms. The standard InChI is InChI=1S/C16H30N4/c1-5-8-10-13(7-3)11-18-16-14(9-6-2)15(17-4)19-12-20-16/h12-13H,5-11H2,1-4H3,(H2,17,18,19,20). The van der Waals surface area contributed by atoms with Gasteiger partial charge in [-0.05, 0) is 18.8 Å². The monoisotopic (exact) mass is 278 g/mol. The van der Waals surface area contributed by atoms with Gasteiger partial charge in [0.25, 0.3) is 0 Å². The molecule has 0 aromatic carbocycles. The van der Waals surface area contributed by atoms with Gasteiger partial charge in [0.15, 0.2) is 0 Å². The molecule has 0 aliphatic carbocycles. The Morgan fingerprint density at radius 1 is 1.10 bits per heavy atom. The molecule has 0 amide bonds. The van der Waals surface area contributed by atoms with E-state index in [1.807, 2.05) is 7.05 Å². The van der Waals surface area contributed by atoms with Gasteiger partial charge in [0, 0.05) is 19.2 Å². The van der Waals surface area contributed by atoms with Crippen molar-refractivity contribution in [3.63, 3.8) is 0 Å². The Morgan fingerprint density at radius 2 is 1.85 bits per heavy atom. The Bertz CT molecular complexity index is 379. The van der Waals surface area contributed by atoms with E-state index in [0.29, 0.717) is 0 Å². The second kappa shape index (κ2) is 9.56. The second-order valence-electron chi connectivity index (χ2n) is 5.35. The fourth-order valence-electron chi connectivity index (χ4n) is 2.45. The lowest BCUT2D eigenvalue weighted by Crippen LogP contribution is -2.16. The van der Waals surface area contributed by atoms with Crippen molar-refractivity contribution in [1.82, 2.24) is 9.97 Å². The highest BCUT2D eigenvalue weighted by molar-refractivity contribution is 5.57. The third-order valence-electron chi connectivity index (χ3n) is 3.78. The molecule has 20 heavy (non-hydrogen) atoms. The number of aromatic nitrogens is 2. The first-order valence-electron chi connectivity index (χ1n) is 8.02. The van der Waals surface area contributed by atoms with Gasteiger partial charge in [-0.1, -0.05) is 46.5 Å². The van der Waals surface area contributed by atoms with Crippen LogP contribution < -0.4 is 10.6 Å². The van der Waals surface area contributed by atoms with Gasteiger partial charge >= 0.3 is 0 Å². The van der Waals surface area contributed by atoms with Crippen LogP contribution in [0.1, 0.15) is 58.4 Å². The minimum absolute atomic E-state index is 0.734. The molecule has 1 rings (SSSR count). The number of hydrogen-bond donors (Lipinski definition) is 2. The van der Waals surface area contributed by atoms with E-state index >= 15 is 0 Å². The van der Waals surface area contributed by atoms with Crippen LogP contribution in [0.15, 0.2) is 6.33 Å². The highest BCUT2D eigenvalue weighted by Crippen LogP contribution is 2.22. The fraction of sp³-hybridized carbons (Fsp3) is 0.750. The van der Waals surface area contributed by atoms with E-state index in [1.165, 1.54) is 31.2 Å². The second-order valence-corrected chi connectivity index (χ2v) is 5.35. The van der Waals surface area contributed by atoms with Crippen LogP contribution in [0.2, 0.25) is 0 Å². The maximum absolute atomic E-state index is 4.43. The fourth-order valence-corrected chi connectivity index (χ4v) is 2.45. The quantitative estimate of drug-likeness (QED) is 0.676. The molecule has 0 radical (unpaired) electrons.